The molecule has 0 aromatic carbocycles. The molecule has 0 aromatic rings. The molecule has 0 unspecified atom stereocenters. The van der Waals surface area contributed by atoms with Crippen LogP contribution < -0.4 is 0 Å². The first kappa shape index (κ1) is 63.3. The molecule has 0 radical (unpaired) electrons. The Morgan fingerprint density at radius 1 is 0.313 bits per heavy atom. The van der Waals surface area contributed by atoms with E-state index in [1.54, 1.807) is 0 Å². The van der Waals surface area contributed by atoms with E-state index in [1.807, 2.05) is 0 Å². The molecule has 0 heterocycles. The summed E-state index contributed by atoms with van der Waals surface area (Å²) < 4.78 is 16.8. The summed E-state index contributed by atoms with van der Waals surface area (Å²) in [6.45, 7) is 6.44. The molecule has 0 aromatic heterocycles. The first-order valence-electron chi connectivity index (χ1n) is 27.7. The fourth-order valence-electron chi connectivity index (χ4n) is 7.37. The fourth-order valence-corrected chi connectivity index (χ4v) is 7.37. The predicted octanol–water partition coefficient (Wildman–Crippen LogP) is 18.5. The summed E-state index contributed by atoms with van der Waals surface area (Å²) in [6.07, 6.45) is 72.5. The van der Waals surface area contributed by atoms with Crippen LogP contribution in [0.2, 0.25) is 0 Å². The van der Waals surface area contributed by atoms with Crippen molar-refractivity contribution in [3.8, 4) is 0 Å². The van der Waals surface area contributed by atoms with E-state index in [2.05, 4.69) is 118 Å². The second-order valence-corrected chi connectivity index (χ2v) is 18.1. The maximum atomic E-state index is 12.8. The highest BCUT2D eigenvalue weighted by molar-refractivity contribution is 5.71. The normalized spacial score (nSPS) is 12.8. The van der Waals surface area contributed by atoms with Crippen molar-refractivity contribution in [2.75, 3.05) is 13.2 Å². The van der Waals surface area contributed by atoms with Gasteiger partial charge in [-0.15, -0.1) is 0 Å². The van der Waals surface area contributed by atoms with E-state index in [1.165, 1.54) is 103 Å². The van der Waals surface area contributed by atoms with Gasteiger partial charge in [0.05, 0.1) is 0 Å². The van der Waals surface area contributed by atoms with Gasteiger partial charge in [-0.2, -0.15) is 0 Å². The van der Waals surface area contributed by atoms with Crippen LogP contribution in [0, 0.1) is 0 Å². The molecule has 6 heteroatoms. The predicted molar refractivity (Wildman–Crippen MR) is 288 cm³/mol. The number of carbonyl (C=O) groups is 3. The molecule has 0 amide bonds. The Morgan fingerprint density at radius 3 is 0.985 bits per heavy atom. The monoisotopic (exact) mass is 931 g/mol. The third-order valence-electron chi connectivity index (χ3n) is 11.5. The van der Waals surface area contributed by atoms with E-state index in [0.29, 0.717) is 19.3 Å². The molecule has 0 rings (SSSR count). The summed E-state index contributed by atoms with van der Waals surface area (Å²) in [5.74, 6) is -0.969. The SMILES string of the molecule is CC/C=C\C/C=C\C/C=C\C/C=C\CCCCCCC(=O)OC[C@H](COC(=O)CCCC/C=C\C/C=C\C/C=C\CCCCC)OC(=O)CCCCCCCCC/C=C\CCCCCCCC. The van der Waals surface area contributed by atoms with Crippen molar-refractivity contribution in [2.24, 2.45) is 0 Å². The standard InChI is InChI=1S/C61H102O6/c1-4-7-10-13-16-19-22-25-28-30-33-36-39-42-45-48-51-54-60(63)66-57-58(56-65-59(62)53-50-47-44-41-38-35-32-27-24-21-18-15-12-9-6-3)67-61(64)55-52-49-46-43-40-37-34-31-29-26-23-20-17-14-11-8-5-2/h7,10,16,18-19,21,25-29,32-33,36,38,41,58H,4-6,8-9,11-15,17,20,22-24,30-31,34-35,37,39-40,42-57H2,1-3H3/b10-7-,19-16-,21-18-,28-25-,29-26-,32-27-,36-33-,41-38-/t58-/m0/s1. The zero-order valence-corrected chi connectivity index (χ0v) is 43.6. The Hall–Kier alpha value is -3.67. The summed E-state index contributed by atoms with van der Waals surface area (Å²) in [7, 11) is 0. The molecular weight excluding hydrogens is 829 g/mol. The first-order chi connectivity index (χ1) is 33.0. The van der Waals surface area contributed by atoms with Crippen molar-refractivity contribution >= 4 is 17.9 Å². The molecular formula is C61H102O6. The average Bonchev–Trinajstić information content (AvgIpc) is 3.33. The van der Waals surface area contributed by atoms with Gasteiger partial charge in [0.1, 0.15) is 13.2 Å². The summed E-state index contributed by atoms with van der Waals surface area (Å²) >= 11 is 0. The quantitative estimate of drug-likeness (QED) is 0.0262. The summed E-state index contributed by atoms with van der Waals surface area (Å²) in [5.41, 5.74) is 0. The van der Waals surface area contributed by atoms with Crippen molar-refractivity contribution in [1.29, 1.82) is 0 Å². The van der Waals surface area contributed by atoms with Crippen molar-refractivity contribution in [3.63, 3.8) is 0 Å². The van der Waals surface area contributed by atoms with Crippen LogP contribution in [0.4, 0.5) is 0 Å². The number of ether oxygens (including phenoxy) is 3. The zero-order valence-electron chi connectivity index (χ0n) is 43.6. The topological polar surface area (TPSA) is 78.9 Å². The Kier molecular flexibility index (Phi) is 51.9. The summed E-state index contributed by atoms with van der Waals surface area (Å²) in [5, 5.41) is 0. The minimum absolute atomic E-state index is 0.105. The summed E-state index contributed by atoms with van der Waals surface area (Å²) in [4.78, 5) is 38.1. The van der Waals surface area contributed by atoms with E-state index >= 15 is 0 Å². The van der Waals surface area contributed by atoms with Crippen LogP contribution >= 0.6 is 0 Å². The molecule has 67 heavy (non-hydrogen) atoms. The van der Waals surface area contributed by atoms with E-state index in [9.17, 15) is 14.4 Å². The number of allylic oxidation sites excluding steroid dienone is 16. The van der Waals surface area contributed by atoms with E-state index in [4.69, 9.17) is 14.2 Å². The van der Waals surface area contributed by atoms with Crippen molar-refractivity contribution in [3.05, 3.63) is 97.2 Å². The smallest absolute Gasteiger partial charge is 0.306 e. The lowest BCUT2D eigenvalue weighted by atomic mass is 10.1. The average molecular weight is 931 g/mol. The second kappa shape index (κ2) is 54.9. The van der Waals surface area contributed by atoms with Crippen molar-refractivity contribution in [2.45, 2.75) is 258 Å². The maximum absolute atomic E-state index is 12.8. The van der Waals surface area contributed by atoms with E-state index in [0.717, 1.165) is 109 Å². The van der Waals surface area contributed by atoms with Gasteiger partial charge in [-0.05, 0) is 122 Å². The number of rotatable bonds is 49. The highest BCUT2D eigenvalue weighted by atomic mass is 16.6. The number of unbranched alkanes of at least 4 members (excludes halogenated alkanes) is 22. The Balaban J connectivity index is 4.50. The van der Waals surface area contributed by atoms with Gasteiger partial charge in [-0.3, -0.25) is 14.4 Å². The maximum Gasteiger partial charge on any atom is 0.306 e. The van der Waals surface area contributed by atoms with Crippen LogP contribution in [0.1, 0.15) is 252 Å². The van der Waals surface area contributed by atoms with Crippen LogP contribution in [0.5, 0.6) is 0 Å². The second-order valence-electron chi connectivity index (χ2n) is 18.1. The van der Waals surface area contributed by atoms with Gasteiger partial charge in [0.25, 0.3) is 0 Å². The van der Waals surface area contributed by atoms with Gasteiger partial charge in [0, 0.05) is 19.3 Å². The van der Waals surface area contributed by atoms with Gasteiger partial charge in [-0.25, -0.2) is 0 Å². The lowest BCUT2D eigenvalue weighted by Gasteiger charge is -2.18. The fraction of sp³-hybridized carbons (Fsp3) is 0.689. The molecule has 0 fully saturated rings. The number of hydrogen-bond acceptors (Lipinski definition) is 6. The van der Waals surface area contributed by atoms with Gasteiger partial charge < -0.3 is 14.2 Å². The molecule has 0 saturated carbocycles. The molecule has 0 aliphatic heterocycles. The minimum atomic E-state index is -0.807. The molecule has 0 aliphatic carbocycles. The third-order valence-corrected chi connectivity index (χ3v) is 11.5. The van der Waals surface area contributed by atoms with Crippen LogP contribution in [0.3, 0.4) is 0 Å². The van der Waals surface area contributed by atoms with Crippen LogP contribution in [0.15, 0.2) is 97.2 Å². The Labute approximate surface area is 413 Å². The van der Waals surface area contributed by atoms with Crippen LogP contribution in [-0.4, -0.2) is 37.2 Å². The Morgan fingerprint density at radius 2 is 0.582 bits per heavy atom. The van der Waals surface area contributed by atoms with E-state index < -0.39 is 6.10 Å². The third kappa shape index (κ3) is 53.2. The first-order valence-corrected chi connectivity index (χ1v) is 27.7. The molecule has 0 spiro atoms. The molecule has 6 nitrogen and oxygen atoms in total. The van der Waals surface area contributed by atoms with Crippen molar-refractivity contribution < 1.29 is 28.6 Å². The van der Waals surface area contributed by atoms with Gasteiger partial charge in [0.15, 0.2) is 6.10 Å². The minimum Gasteiger partial charge on any atom is -0.462 e. The zero-order chi connectivity index (χ0) is 48.6. The molecule has 0 aliphatic rings. The van der Waals surface area contributed by atoms with Gasteiger partial charge in [0.2, 0.25) is 0 Å². The molecule has 1 atom stereocenters. The molecule has 0 N–H and O–H groups in total. The largest absolute Gasteiger partial charge is 0.462 e. The molecule has 0 saturated heterocycles. The van der Waals surface area contributed by atoms with Gasteiger partial charge in [-0.1, -0.05) is 208 Å². The van der Waals surface area contributed by atoms with Crippen molar-refractivity contribution in [1.82, 2.24) is 0 Å². The Bertz CT molecular complexity index is 1350. The lowest BCUT2D eigenvalue weighted by molar-refractivity contribution is -0.167. The van der Waals surface area contributed by atoms with Crippen LogP contribution in [-0.2, 0) is 28.6 Å². The molecule has 0 bridgehead atoms. The number of esters is 3. The number of hydrogen-bond donors (Lipinski definition) is 0. The highest BCUT2D eigenvalue weighted by Crippen LogP contribution is 2.14. The van der Waals surface area contributed by atoms with Crippen LogP contribution in [0.25, 0.3) is 0 Å². The number of carbonyl (C=O) groups excluding carboxylic acids is 3. The highest BCUT2D eigenvalue weighted by Gasteiger charge is 2.19. The lowest BCUT2D eigenvalue weighted by Crippen LogP contribution is -2.30. The van der Waals surface area contributed by atoms with Gasteiger partial charge >= 0.3 is 17.9 Å². The van der Waals surface area contributed by atoms with E-state index in [-0.39, 0.29) is 31.1 Å². The summed E-state index contributed by atoms with van der Waals surface area (Å²) in [6, 6.07) is 0. The molecule has 382 valence electrons.